The second-order valence-corrected chi connectivity index (χ2v) is 8.08. The average molecular weight is 396 g/mol. The van der Waals surface area contributed by atoms with Crippen LogP contribution in [0.25, 0.3) is 0 Å². The number of nitrogens with zero attached hydrogens (tertiary/aromatic N) is 2. The lowest BCUT2D eigenvalue weighted by molar-refractivity contribution is 0.0852. The van der Waals surface area contributed by atoms with E-state index >= 15 is 0 Å². The largest absolute Gasteiger partial charge is 0.390 e. The third-order valence-corrected chi connectivity index (χ3v) is 6.44. The van der Waals surface area contributed by atoms with E-state index in [1.807, 2.05) is 30.3 Å². The molecule has 0 aliphatic heterocycles. The molecule has 0 radical (unpaired) electrons. The van der Waals surface area contributed by atoms with Gasteiger partial charge in [-0.05, 0) is 37.3 Å². The average Bonchev–Trinajstić information content (AvgIpc) is 3.25. The number of fused-ring (bicyclic) bond motifs is 1. The third kappa shape index (κ3) is 2.90. The summed E-state index contributed by atoms with van der Waals surface area (Å²) >= 11 is 1.15. The molecule has 1 aromatic carbocycles. The molecule has 1 aliphatic carbocycles. The molecule has 1 amide bonds. The van der Waals surface area contributed by atoms with Crippen LogP contribution >= 0.6 is 11.3 Å². The number of carbonyl (C=O) groups is 2. The predicted molar refractivity (Wildman–Crippen MR) is 105 cm³/mol. The van der Waals surface area contributed by atoms with E-state index in [0.717, 1.165) is 16.9 Å². The number of nitrogens with two attached hydrogens (primary N) is 2. The van der Waals surface area contributed by atoms with Gasteiger partial charge in [-0.15, -0.1) is 11.3 Å². The van der Waals surface area contributed by atoms with Crippen molar-refractivity contribution in [3.8, 4) is 0 Å². The van der Waals surface area contributed by atoms with Crippen molar-refractivity contribution in [2.75, 3.05) is 5.73 Å². The number of anilines is 1. The lowest BCUT2D eigenvalue weighted by Crippen LogP contribution is -2.40. The van der Waals surface area contributed by atoms with E-state index in [-0.39, 0.29) is 5.78 Å². The first-order valence-corrected chi connectivity index (χ1v) is 9.84. The van der Waals surface area contributed by atoms with Gasteiger partial charge < -0.3 is 16.0 Å². The van der Waals surface area contributed by atoms with Crippen molar-refractivity contribution in [3.05, 3.63) is 63.6 Å². The van der Waals surface area contributed by atoms with Crippen LogP contribution < -0.4 is 11.5 Å². The van der Waals surface area contributed by atoms with Crippen molar-refractivity contribution >= 4 is 28.0 Å². The number of rotatable bonds is 5. The van der Waals surface area contributed by atoms with E-state index in [4.69, 9.17) is 16.0 Å². The number of benzene rings is 1. The summed E-state index contributed by atoms with van der Waals surface area (Å²) in [5.41, 5.74) is 12.7. The number of amides is 1. The van der Waals surface area contributed by atoms with Gasteiger partial charge in [0.2, 0.25) is 5.89 Å². The quantitative estimate of drug-likeness (QED) is 0.683. The molecule has 7 nitrogen and oxygen atoms in total. The van der Waals surface area contributed by atoms with Gasteiger partial charge in [0.25, 0.3) is 5.91 Å². The molecular weight excluding hydrogens is 376 g/mol. The summed E-state index contributed by atoms with van der Waals surface area (Å²) in [4.78, 5) is 30.3. The Hall–Kier alpha value is -3.00. The van der Waals surface area contributed by atoms with Gasteiger partial charge in [-0.1, -0.05) is 35.5 Å². The van der Waals surface area contributed by atoms with Gasteiger partial charge >= 0.3 is 0 Å². The number of aromatic nitrogens is 2. The number of nitrogen functional groups attached to an aromatic ring is 1. The van der Waals surface area contributed by atoms with Crippen LogP contribution in [0, 0.1) is 6.92 Å². The van der Waals surface area contributed by atoms with Gasteiger partial charge in [-0.2, -0.15) is 4.98 Å². The molecule has 0 bridgehead atoms. The van der Waals surface area contributed by atoms with Crippen molar-refractivity contribution in [1.29, 1.82) is 0 Å². The zero-order valence-electron chi connectivity index (χ0n) is 15.4. The summed E-state index contributed by atoms with van der Waals surface area (Å²) in [5.74, 6) is 0.463. The Bertz CT molecular complexity index is 1060. The maximum atomic E-state index is 13.7. The fraction of sp³-hybridized carbons (Fsp3) is 0.300. The van der Waals surface area contributed by atoms with Crippen molar-refractivity contribution in [1.82, 2.24) is 10.1 Å². The maximum absolute atomic E-state index is 13.7. The standard InChI is InChI=1S/C20H20N4O3S/c1-11-23-14(27-24-11)8-10-20(12-5-3-2-4-6-12)9-7-13-15(18(21)26)19(22)28-16(13)17(20)25/h2-6H,7-10,22H2,1H3,(H2,21,26). The molecule has 3 aromatic rings. The Morgan fingerprint density at radius 1 is 1.32 bits per heavy atom. The molecule has 0 saturated carbocycles. The van der Waals surface area contributed by atoms with Crippen molar-refractivity contribution in [2.24, 2.45) is 5.73 Å². The van der Waals surface area contributed by atoms with Crippen LogP contribution in [-0.2, 0) is 18.3 Å². The van der Waals surface area contributed by atoms with Crippen LogP contribution in [-0.4, -0.2) is 21.8 Å². The molecule has 8 heteroatoms. The summed E-state index contributed by atoms with van der Waals surface area (Å²) in [6, 6.07) is 9.70. The van der Waals surface area contributed by atoms with Crippen LogP contribution in [0.1, 0.15) is 55.7 Å². The third-order valence-electron chi connectivity index (χ3n) is 5.38. The Kier molecular flexibility index (Phi) is 4.50. The second-order valence-electron chi connectivity index (χ2n) is 7.03. The van der Waals surface area contributed by atoms with Crippen LogP contribution in [0.15, 0.2) is 34.9 Å². The fourth-order valence-electron chi connectivity index (χ4n) is 4.02. The van der Waals surface area contributed by atoms with E-state index in [1.165, 1.54) is 0 Å². The van der Waals surface area contributed by atoms with Crippen molar-refractivity contribution in [2.45, 2.75) is 38.0 Å². The fourth-order valence-corrected chi connectivity index (χ4v) is 5.18. The molecule has 1 atom stereocenters. The first-order chi connectivity index (χ1) is 13.4. The zero-order chi connectivity index (χ0) is 19.9. The Morgan fingerprint density at radius 2 is 2.07 bits per heavy atom. The zero-order valence-corrected chi connectivity index (χ0v) is 16.2. The lowest BCUT2D eigenvalue weighted by atomic mass is 9.66. The normalized spacial score (nSPS) is 18.8. The molecule has 28 heavy (non-hydrogen) atoms. The number of Topliss-reactive ketones (excluding diaryl/α,β-unsaturated/α-hetero) is 1. The van der Waals surface area contributed by atoms with E-state index in [0.29, 0.717) is 58.4 Å². The summed E-state index contributed by atoms with van der Waals surface area (Å²) in [7, 11) is 0. The molecule has 144 valence electrons. The van der Waals surface area contributed by atoms with E-state index in [2.05, 4.69) is 10.1 Å². The molecule has 4 rings (SSSR count). The molecule has 2 aromatic heterocycles. The van der Waals surface area contributed by atoms with Gasteiger partial charge in [0.15, 0.2) is 11.6 Å². The number of hydrogen-bond acceptors (Lipinski definition) is 7. The molecular formula is C20H20N4O3S. The molecule has 1 unspecified atom stereocenters. The number of primary amides is 1. The lowest BCUT2D eigenvalue weighted by Gasteiger charge is -2.36. The summed E-state index contributed by atoms with van der Waals surface area (Å²) < 4.78 is 5.24. The first-order valence-electron chi connectivity index (χ1n) is 9.03. The predicted octanol–water partition coefficient (Wildman–Crippen LogP) is 2.82. The van der Waals surface area contributed by atoms with Crippen LogP contribution in [0.4, 0.5) is 5.00 Å². The number of thiophene rings is 1. The van der Waals surface area contributed by atoms with Gasteiger partial charge in [-0.3, -0.25) is 9.59 Å². The highest BCUT2D eigenvalue weighted by Crippen LogP contribution is 2.46. The monoisotopic (exact) mass is 396 g/mol. The number of ketones is 1. The van der Waals surface area contributed by atoms with Gasteiger partial charge in [0, 0.05) is 6.42 Å². The number of hydrogen-bond donors (Lipinski definition) is 2. The summed E-state index contributed by atoms with van der Waals surface area (Å²) in [6.45, 7) is 1.76. The molecule has 1 aliphatic rings. The van der Waals surface area contributed by atoms with Gasteiger partial charge in [0.05, 0.1) is 20.9 Å². The Balaban J connectivity index is 1.77. The number of carbonyl (C=O) groups excluding carboxylic acids is 2. The highest BCUT2D eigenvalue weighted by atomic mass is 32.1. The first kappa shape index (κ1) is 18.4. The highest BCUT2D eigenvalue weighted by Gasteiger charge is 2.46. The Morgan fingerprint density at radius 3 is 2.71 bits per heavy atom. The van der Waals surface area contributed by atoms with Crippen LogP contribution in [0.3, 0.4) is 0 Å². The Labute approximate surface area is 165 Å². The van der Waals surface area contributed by atoms with Crippen LogP contribution in [0.5, 0.6) is 0 Å². The molecule has 0 saturated heterocycles. The minimum Gasteiger partial charge on any atom is -0.390 e. The van der Waals surface area contributed by atoms with E-state index in [1.54, 1.807) is 6.92 Å². The van der Waals surface area contributed by atoms with Gasteiger partial charge in [-0.25, -0.2) is 0 Å². The van der Waals surface area contributed by atoms with E-state index < -0.39 is 11.3 Å². The minimum atomic E-state index is -0.733. The maximum Gasteiger partial charge on any atom is 0.251 e. The SMILES string of the molecule is Cc1noc(CCC2(c3ccccc3)CCc3c(sc(N)c3C(N)=O)C2=O)n1. The highest BCUT2D eigenvalue weighted by molar-refractivity contribution is 7.18. The molecule has 0 fully saturated rings. The van der Waals surface area contributed by atoms with Crippen molar-refractivity contribution < 1.29 is 14.1 Å². The van der Waals surface area contributed by atoms with Gasteiger partial charge in [0.1, 0.15) is 0 Å². The van der Waals surface area contributed by atoms with Crippen LogP contribution in [0.2, 0.25) is 0 Å². The van der Waals surface area contributed by atoms with Crippen molar-refractivity contribution in [3.63, 3.8) is 0 Å². The van der Waals surface area contributed by atoms with E-state index in [9.17, 15) is 9.59 Å². The molecule has 0 spiro atoms. The summed E-state index contributed by atoms with van der Waals surface area (Å²) in [6.07, 6.45) is 2.14. The molecule has 4 N–H and O–H groups in total. The molecule has 2 heterocycles. The minimum absolute atomic E-state index is 0.0274. The topological polar surface area (TPSA) is 125 Å². The smallest absolute Gasteiger partial charge is 0.251 e. The summed E-state index contributed by atoms with van der Waals surface area (Å²) in [5, 5.41) is 4.14. The second kappa shape index (κ2) is 6.87. The number of aryl methyl sites for hydroxylation is 2.